The summed E-state index contributed by atoms with van der Waals surface area (Å²) >= 11 is 0. The predicted octanol–water partition coefficient (Wildman–Crippen LogP) is 2.14. The summed E-state index contributed by atoms with van der Waals surface area (Å²) in [5.74, 6) is 0.250. The number of hydrogen-bond acceptors (Lipinski definition) is 5. The fourth-order valence-electron chi connectivity index (χ4n) is 2.39. The monoisotopic (exact) mass is 308 g/mol. The fourth-order valence-corrected chi connectivity index (χ4v) is 2.80. The molecule has 110 valence electrons. The maximum atomic E-state index is 11.2. The van der Waals surface area contributed by atoms with E-state index in [0.717, 1.165) is 10.8 Å². The summed E-state index contributed by atoms with van der Waals surface area (Å²) in [5, 5.41) is 1.60. The molecule has 1 aliphatic heterocycles. The number of phosphoric ester groups is 1. The minimum Gasteiger partial charge on any atom is -0.493 e. The summed E-state index contributed by atoms with van der Waals surface area (Å²) < 4.78 is 21.3. The Kier molecular flexibility index (Phi) is 3.13. The minimum atomic E-state index is -4.71. The SMILES string of the molecule is COc1cc2ccnc3c2c(c1OP(=O)(O)O)N(C)C=C3. The molecule has 2 N–H and O–H groups in total. The van der Waals surface area contributed by atoms with E-state index in [9.17, 15) is 4.57 Å². The number of nitrogens with zero attached hydrogens (tertiary/aromatic N) is 2. The van der Waals surface area contributed by atoms with Crippen LogP contribution in [0.1, 0.15) is 5.69 Å². The lowest BCUT2D eigenvalue weighted by Crippen LogP contribution is -2.14. The lowest BCUT2D eigenvalue weighted by molar-refractivity contribution is 0.277. The van der Waals surface area contributed by atoms with E-state index in [1.54, 1.807) is 36.5 Å². The van der Waals surface area contributed by atoms with Crippen LogP contribution in [0.25, 0.3) is 16.8 Å². The van der Waals surface area contributed by atoms with Crippen molar-refractivity contribution in [3.63, 3.8) is 0 Å². The second-order valence-corrected chi connectivity index (χ2v) is 5.72. The smallest absolute Gasteiger partial charge is 0.493 e. The highest BCUT2D eigenvalue weighted by molar-refractivity contribution is 7.46. The lowest BCUT2D eigenvalue weighted by atomic mass is 10.0. The second kappa shape index (κ2) is 4.73. The van der Waals surface area contributed by atoms with Gasteiger partial charge in [-0.15, -0.1) is 0 Å². The van der Waals surface area contributed by atoms with Crippen molar-refractivity contribution < 1.29 is 23.6 Å². The van der Waals surface area contributed by atoms with Crippen molar-refractivity contribution in [1.29, 1.82) is 0 Å². The average Bonchev–Trinajstić information content (AvgIpc) is 2.42. The van der Waals surface area contributed by atoms with Gasteiger partial charge in [0.1, 0.15) is 0 Å². The number of hydrogen-bond donors (Lipinski definition) is 2. The van der Waals surface area contributed by atoms with Gasteiger partial charge in [0.2, 0.25) is 0 Å². The van der Waals surface area contributed by atoms with E-state index in [2.05, 4.69) is 4.98 Å². The molecule has 0 radical (unpaired) electrons. The normalized spacial score (nSPS) is 13.6. The molecule has 2 aromatic rings. The molecule has 0 aliphatic carbocycles. The fraction of sp³-hybridized carbons (Fsp3) is 0.154. The molecule has 0 saturated carbocycles. The molecule has 0 bridgehead atoms. The van der Waals surface area contributed by atoms with Gasteiger partial charge in [-0.2, -0.15) is 0 Å². The summed E-state index contributed by atoms with van der Waals surface area (Å²) in [6.45, 7) is 0. The molecule has 0 amide bonds. The molecule has 1 aromatic heterocycles. The van der Waals surface area contributed by atoms with Gasteiger partial charge in [0.05, 0.1) is 18.5 Å². The van der Waals surface area contributed by atoms with Crippen molar-refractivity contribution in [2.45, 2.75) is 0 Å². The quantitative estimate of drug-likeness (QED) is 0.839. The van der Waals surface area contributed by atoms with Gasteiger partial charge in [-0.25, -0.2) is 4.57 Å². The Balaban J connectivity index is 2.39. The first-order chi connectivity index (χ1) is 9.90. The summed E-state index contributed by atoms with van der Waals surface area (Å²) in [4.78, 5) is 24.2. The van der Waals surface area contributed by atoms with Gasteiger partial charge in [-0.1, -0.05) is 0 Å². The molecule has 0 atom stereocenters. The van der Waals surface area contributed by atoms with Crippen LogP contribution in [0, 0.1) is 0 Å². The van der Waals surface area contributed by atoms with Crippen LogP contribution in [0.4, 0.5) is 5.69 Å². The van der Waals surface area contributed by atoms with E-state index >= 15 is 0 Å². The van der Waals surface area contributed by atoms with Gasteiger partial charge in [0, 0.05) is 24.8 Å². The number of aromatic nitrogens is 1. The first kappa shape index (κ1) is 13.9. The molecule has 8 heteroatoms. The molecular weight excluding hydrogens is 295 g/mol. The highest BCUT2D eigenvalue weighted by Gasteiger charge is 2.27. The zero-order valence-corrected chi connectivity index (χ0v) is 12.2. The summed E-state index contributed by atoms with van der Waals surface area (Å²) in [7, 11) is -1.54. The molecular formula is C13H13N2O5P. The molecule has 2 heterocycles. The van der Waals surface area contributed by atoms with Crippen molar-refractivity contribution in [1.82, 2.24) is 4.98 Å². The molecule has 0 spiro atoms. The maximum Gasteiger partial charge on any atom is 0.525 e. The number of rotatable bonds is 3. The van der Waals surface area contributed by atoms with Gasteiger partial charge in [0.25, 0.3) is 0 Å². The zero-order valence-electron chi connectivity index (χ0n) is 11.3. The van der Waals surface area contributed by atoms with Gasteiger partial charge in [0.15, 0.2) is 11.5 Å². The van der Waals surface area contributed by atoms with Crippen molar-refractivity contribution in [2.24, 2.45) is 0 Å². The molecule has 7 nitrogen and oxygen atoms in total. The number of pyridine rings is 1. The second-order valence-electron chi connectivity index (χ2n) is 4.56. The minimum absolute atomic E-state index is 0.000525. The van der Waals surface area contributed by atoms with Crippen molar-refractivity contribution in [3.8, 4) is 11.5 Å². The topological polar surface area (TPSA) is 92.1 Å². The molecule has 21 heavy (non-hydrogen) atoms. The average molecular weight is 308 g/mol. The van der Waals surface area contributed by atoms with Gasteiger partial charge < -0.3 is 14.2 Å². The number of ether oxygens (including phenoxy) is 1. The maximum absolute atomic E-state index is 11.2. The van der Waals surface area contributed by atoms with E-state index in [-0.39, 0.29) is 11.5 Å². The number of anilines is 1. The first-order valence-corrected chi connectivity index (χ1v) is 7.59. The van der Waals surface area contributed by atoms with Crippen LogP contribution < -0.4 is 14.2 Å². The Morgan fingerprint density at radius 1 is 1.38 bits per heavy atom. The van der Waals surface area contributed by atoms with Crippen molar-refractivity contribution in [3.05, 3.63) is 30.2 Å². The van der Waals surface area contributed by atoms with E-state index in [1.165, 1.54) is 7.11 Å². The summed E-state index contributed by atoms with van der Waals surface area (Å²) in [6, 6.07) is 3.47. The third-order valence-electron chi connectivity index (χ3n) is 3.21. The van der Waals surface area contributed by atoms with Crippen molar-refractivity contribution in [2.75, 3.05) is 19.1 Å². The Morgan fingerprint density at radius 3 is 2.81 bits per heavy atom. The van der Waals surface area contributed by atoms with Crippen LogP contribution in [0.5, 0.6) is 11.5 Å². The highest BCUT2D eigenvalue weighted by Crippen LogP contribution is 2.51. The predicted molar refractivity (Wildman–Crippen MR) is 78.4 cm³/mol. The Bertz CT molecular complexity index is 799. The van der Waals surface area contributed by atoms with Gasteiger partial charge in [-0.05, 0) is 23.6 Å². The van der Waals surface area contributed by atoms with Crippen LogP contribution >= 0.6 is 7.82 Å². The molecule has 1 aromatic carbocycles. The van der Waals surface area contributed by atoms with Crippen LogP contribution in [0.3, 0.4) is 0 Å². The largest absolute Gasteiger partial charge is 0.525 e. The number of benzene rings is 1. The third kappa shape index (κ3) is 2.35. The van der Waals surface area contributed by atoms with E-state index in [4.69, 9.17) is 19.0 Å². The van der Waals surface area contributed by atoms with Gasteiger partial charge >= 0.3 is 7.82 Å². The van der Waals surface area contributed by atoms with Gasteiger partial charge in [-0.3, -0.25) is 14.8 Å². The molecule has 0 saturated heterocycles. The Morgan fingerprint density at radius 2 is 2.14 bits per heavy atom. The van der Waals surface area contributed by atoms with Crippen LogP contribution in [-0.4, -0.2) is 28.9 Å². The number of phosphoric acid groups is 1. The molecule has 3 rings (SSSR count). The summed E-state index contributed by atoms with van der Waals surface area (Å²) in [6.07, 6.45) is 5.24. The first-order valence-electron chi connectivity index (χ1n) is 6.06. The number of methoxy groups -OCH3 is 1. The van der Waals surface area contributed by atoms with Crippen LogP contribution in [-0.2, 0) is 4.57 Å². The molecule has 0 unspecified atom stereocenters. The molecule has 1 aliphatic rings. The zero-order chi connectivity index (χ0) is 15.2. The Labute approximate surface area is 120 Å². The van der Waals surface area contributed by atoms with Crippen LogP contribution in [0.2, 0.25) is 0 Å². The molecule has 0 fully saturated rings. The standard InChI is InChI=1S/C13H13N2O5P/c1-15-6-4-9-11-8(3-5-14-9)7-10(19-2)13(12(11)15)20-21(16,17)18/h3-7H,1-2H3,(H2,16,17,18). The van der Waals surface area contributed by atoms with Crippen LogP contribution in [0.15, 0.2) is 24.5 Å². The van der Waals surface area contributed by atoms with E-state index in [1.807, 2.05) is 6.08 Å². The lowest BCUT2D eigenvalue weighted by Gasteiger charge is -2.26. The van der Waals surface area contributed by atoms with E-state index < -0.39 is 7.82 Å². The third-order valence-corrected chi connectivity index (χ3v) is 3.63. The highest BCUT2D eigenvalue weighted by atomic mass is 31.2. The van der Waals surface area contributed by atoms with E-state index in [0.29, 0.717) is 11.4 Å². The summed E-state index contributed by atoms with van der Waals surface area (Å²) in [5.41, 5.74) is 1.22. The van der Waals surface area contributed by atoms with Crippen molar-refractivity contribution >= 4 is 30.4 Å². The Hall–Kier alpha value is -2.08.